The number of amides is 2. The third-order valence-electron chi connectivity index (χ3n) is 4.38. The molecule has 3 N–H and O–H groups in total. The van der Waals surface area contributed by atoms with E-state index in [1.807, 2.05) is 36.4 Å². The second-order valence-corrected chi connectivity index (χ2v) is 8.25. The highest BCUT2D eigenvalue weighted by atomic mass is 127. The molecule has 0 saturated heterocycles. The molecule has 4 rings (SSSR count). The van der Waals surface area contributed by atoms with Crippen molar-refractivity contribution in [2.75, 3.05) is 10.6 Å². The van der Waals surface area contributed by atoms with Crippen LogP contribution in [0.2, 0.25) is 0 Å². The van der Waals surface area contributed by atoms with E-state index in [1.165, 1.54) is 0 Å². The van der Waals surface area contributed by atoms with Gasteiger partial charge >= 0.3 is 0 Å². The van der Waals surface area contributed by atoms with E-state index in [4.69, 9.17) is 16.6 Å². The van der Waals surface area contributed by atoms with Crippen molar-refractivity contribution in [2.45, 2.75) is 0 Å². The summed E-state index contributed by atoms with van der Waals surface area (Å²) in [6, 6.07) is 23.3. The van der Waals surface area contributed by atoms with E-state index in [9.17, 15) is 9.59 Å². The van der Waals surface area contributed by atoms with Crippen molar-refractivity contribution in [2.24, 2.45) is 0 Å². The third kappa shape index (κ3) is 5.28. The minimum atomic E-state index is -0.336. The Morgan fingerprint density at radius 3 is 2.13 bits per heavy atom. The number of fused-ring (bicyclic) bond motifs is 1. The fraction of sp³-hybridized carbons (Fsp3) is 0. The van der Waals surface area contributed by atoms with Gasteiger partial charge < -0.3 is 15.1 Å². The van der Waals surface area contributed by atoms with Crippen molar-refractivity contribution in [3.05, 3.63) is 93.8 Å². The van der Waals surface area contributed by atoms with Crippen LogP contribution in [-0.4, -0.2) is 16.9 Å². The summed E-state index contributed by atoms with van der Waals surface area (Å²) in [5.41, 5.74) is 2.46. The van der Waals surface area contributed by atoms with E-state index in [0.717, 1.165) is 8.96 Å². The standard InChI is InChI=1S/C23H16IN3O3S/c24-16-7-5-14(6-8-16)21(28)27-23(31)26-18-11-9-17(10-12-18)25-22(29)20-13-15-3-1-2-4-19(15)30-20/h1-13H,(H,25,29)(H2,26,27,28,31). The molecule has 0 spiro atoms. The molecule has 3 aromatic carbocycles. The molecule has 4 aromatic rings. The smallest absolute Gasteiger partial charge is 0.291 e. The van der Waals surface area contributed by atoms with E-state index in [2.05, 4.69) is 38.5 Å². The Bertz CT molecular complexity index is 1230. The summed E-state index contributed by atoms with van der Waals surface area (Å²) in [5, 5.41) is 9.44. The zero-order valence-corrected chi connectivity index (χ0v) is 19.0. The zero-order valence-electron chi connectivity index (χ0n) is 16.0. The topological polar surface area (TPSA) is 83.4 Å². The van der Waals surface area contributed by atoms with Crippen molar-refractivity contribution >= 4 is 74.1 Å². The summed E-state index contributed by atoms with van der Waals surface area (Å²) < 4.78 is 6.62. The molecule has 2 amide bonds. The molecule has 31 heavy (non-hydrogen) atoms. The minimum Gasteiger partial charge on any atom is -0.451 e. The van der Waals surface area contributed by atoms with Gasteiger partial charge in [0, 0.05) is 25.9 Å². The van der Waals surface area contributed by atoms with Gasteiger partial charge in [0.2, 0.25) is 0 Å². The van der Waals surface area contributed by atoms with Crippen LogP contribution in [0.5, 0.6) is 0 Å². The normalized spacial score (nSPS) is 10.5. The number of para-hydroxylation sites is 1. The van der Waals surface area contributed by atoms with E-state index in [-0.39, 0.29) is 22.7 Å². The Balaban J connectivity index is 1.34. The number of nitrogens with one attached hydrogen (secondary N) is 3. The highest BCUT2D eigenvalue weighted by Crippen LogP contribution is 2.20. The average molecular weight is 541 g/mol. The minimum absolute atomic E-state index is 0.183. The number of rotatable bonds is 4. The van der Waals surface area contributed by atoms with Gasteiger partial charge in [-0.25, -0.2) is 0 Å². The van der Waals surface area contributed by atoms with Gasteiger partial charge in [0.05, 0.1) is 0 Å². The molecule has 0 saturated carbocycles. The molecule has 0 aliphatic heterocycles. The molecule has 0 unspecified atom stereocenters. The first-order chi connectivity index (χ1) is 15.0. The van der Waals surface area contributed by atoms with Crippen molar-refractivity contribution in [3.8, 4) is 0 Å². The molecule has 154 valence electrons. The second-order valence-electron chi connectivity index (χ2n) is 6.60. The Morgan fingerprint density at radius 2 is 1.45 bits per heavy atom. The molecule has 1 aromatic heterocycles. The lowest BCUT2D eigenvalue weighted by atomic mass is 10.2. The Hall–Kier alpha value is -3.24. The molecule has 6 nitrogen and oxygen atoms in total. The Kier molecular flexibility index (Phi) is 6.28. The molecule has 0 bridgehead atoms. The summed E-state index contributed by atoms with van der Waals surface area (Å²) in [5.74, 6) is -0.385. The van der Waals surface area contributed by atoms with Gasteiger partial charge in [-0.1, -0.05) is 18.2 Å². The summed E-state index contributed by atoms with van der Waals surface area (Å²) in [6.07, 6.45) is 0. The highest BCUT2D eigenvalue weighted by Gasteiger charge is 2.12. The molecular weight excluding hydrogens is 525 g/mol. The first-order valence-electron chi connectivity index (χ1n) is 9.26. The first-order valence-corrected chi connectivity index (χ1v) is 10.7. The van der Waals surface area contributed by atoms with Gasteiger partial charge in [-0.3, -0.25) is 14.9 Å². The van der Waals surface area contributed by atoms with Gasteiger partial charge in [-0.05, 0) is 95.5 Å². The Morgan fingerprint density at radius 1 is 0.806 bits per heavy atom. The van der Waals surface area contributed by atoms with Crippen LogP contribution in [0, 0.1) is 3.57 Å². The average Bonchev–Trinajstić information content (AvgIpc) is 3.20. The highest BCUT2D eigenvalue weighted by molar-refractivity contribution is 14.1. The molecule has 0 atom stereocenters. The predicted molar refractivity (Wildman–Crippen MR) is 133 cm³/mol. The molecule has 0 aliphatic carbocycles. The number of thiocarbonyl (C=S) groups is 1. The summed E-state index contributed by atoms with van der Waals surface area (Å²) >= 11 is 7.38. The van der Waals surface area contributed by atoms with Crippen LogP contribution in [0.1, 0.15) is 20.9 Å². The molecule has 0 fully saturated rings. The SMILES string of the molecule is O=C(NC(=S)Nc1ccc(NC(=O)c2cc3ccccc3o2)cc1)c1ccc(I)cc1. The fourth-order valence-corrected chi connectivity index (χ4v) is 3.43. The monoisotopic (exact) mass is 541 g/mol. The molecular formula is C23H16IN3O3S. The molecule has 0 radical (unpaired) electrons. The van der Waals surface area contributed by atoms with Gasteiger partial charge in [-0.15, -0.1) is 0 Å². The maximum atomic E-state index is 12.4. The van der Waals surface area contributed by atoms with Gasteiger partial charge in [-0.2, -0.15) is 0 Å². The maximum Gasteiger partial charge on any atom is 0.291 e. The number of hydrogen-bond donors (Lipinski definition) is 3. The largest absolute Gasteiger partial charge is 0.451 e. The van der Waals surface area contributed by atoms with Crippen LogP contribution in [0.3, 0.4) is 0 Å². The number of carbonyl (C=O) groups excluding carboxylic acids is 2. The van der Waals surface area contributed by atoms with E-state index >= 15 is 0 Å². The van der Waals surface area contributed by atoms with Crippen molar-refractivity contribution < 1.29 is 14.0 Å². The van der Waals surface area contributed by atoms with Crippen LogP contribution in [0.4, 0.5) is 11.4 Å². The van der Waals surface area contributed by atoms with E-state index in [0.29, 0.717) is 22.5 Å². The zero-order chi connectivity index (χ0) is 21.8. The van der Waals surface area contributed by atoms with Crippen molar-refractivity contribution in [3.63, 3.8) is 0 Å². The Labute approximate surface area is 197 Å². The predicted octanol–water partition coefficient (Wildman–Crippen LogP) is 5.42. The van der Waals surface area contributed by atoms with Crippen LogP contribution >= 0.6 is 34.8 Å². The van der Waals surface area contributed by atoms with E-state index < -0.39 is 0 Å². The van der Waals surface area contributed by atoms with Crippen LogP contribution in [0.15, 0.2) is 83.3 Å². The van der Waals surface area contributed by atoms with E-state index in [1.54, 1.807) is 42.5 Å². The van der Waals surface area contributed by atoms with Gasteiger partial charge in [0.15, 0.2) is 10.9 Å². The first kappa shape index (κ1) is 21.0. The number of benzene rings is 3. The molecule has 8 heteroatoms. The van der Waals surface area contributed by atoms with Crippen LogP contribution < -0.4 is 16.0 Å². The number of anilines is 2. The second kappa shape index (κ2) is 9.27. The fourth-order valence-electron chi connectivity index (χ4n) is 2.86. The maximum absolute atomic E-state index is 12.4. The van der Waals surface area contributed by atoms with Gasteiger partial charge in [0.1, 0.15) is 5.58 Å². The number of furan rings is 1. The lowest BCUT2D eigenvalue weighted by molar-refractivity contribution is 0.0975. The number of halogens is 1. The third-order valence-corrected chi connectivity index (χ3v) is 5.31. The summed E-state index contributed by atoms with van der Waals surface area (Å²) in [6.45, 7) is 0. The lowest BCUT2D eigenvalue weighted by Gasteiger charge is -2.10. The van der Waals surface area contributed by atoms with Crippen LogP contribution in [-0.2, 0) is 0 Å². The summed E-state index contributed by atoms with van der Waals surface area (Å²) in [7, 11) is 0. The number of carbonyl (C=O) groups is 2. The summed E-state index contributed by atoms with van der Waals surface area (Å²) in [4.78, 5) is 24.7. The quantitative estimate of drug-likeness (QED) is 0.238. The van der Waals surface area contributed by atoms with Gasteiger partial charge in [0.25, 0.3) is 11.8 Å². The van der Waals surface area contributed by atoms with Crippen molar-refractivity contribution in [1.29, 1.82) is 0 Å². The molecule has 0 aliphatic rings. The van der Waals surface area contributed by atoms with Crippen LogP contribution in [0.25, 0.3) is 11.0 Å². The molecule has 1 heterocycles. The number of hydrogen-bond acceptors (Lipinski definition) is 4. The van der Waals surface area contributed by atoms with Crippen molar-refractivity contribution in [1.82, 2.24) is 5.32 Å². The lowest BCUT2D eigenvalue weighted by Crippen LogP contribution is -2.34.